The summed E-state index contributed by atoms with van der Waals surface area (Å²) in [5.41, 5.74) is 8.87. The van der Waals surface area contributed by atoms with E-state index in [0.717, 1.165) is 63.5 Å². The standard InChI is InChI=1S/C40H50O5/c1-43-39(41)19-6-4-3-5-13-31(36-17-11-16-34-27-35(40(42)44-2)24-25-37(34)36)22-23-32-14-9-10-18-38(32)45-28-29-20-21-30-12-7-8-15-33(30)26-29/h9-10,14,18,20-21,24-27,31,36H,3-8,11-13,15-17,19,22-23,28H2,1-2H3. The van der Waals surface area contributed by atoms with E-state index in [-0.39, 0.29) is 11.9 Å². The van der Waals surface area contributed by atoms with Crippen LogP contribution in [0.3, 0.4) is 0 Å². The van der Waals surface area contributed by atoms with Crippen molar-refractivity contribution in [3.63, 3.8) is 0 Å². The van der Waals surface area contributed by atoms with E-state index in [1.165, 1.54) is 79.7 Å². The first kappa shape index (κ1) is 32.8. The van der Waals surface area contributed by atoms with Crippen LogP contribution in [0.15, 0.2) is 60.7 Å². The van der Waals surface area contributed by atoms with Crippen LogP contribution in [0, 0.1) is 5.92 Å². The molecule has 0 saturated heterocycles. The molecule has 0 aliphatic heterocycles. The van der Waals surface area contributed by atoms with Crippen LogP contribution in [0.5, 0.6) is 5.75 Å². The highest BCUT2D eigenvalue weighted by Crippen LogP contribution is 2.42. The molecule has 5 nitrogen and oxygen atoms in total. The summed E-state index contributed by atoms with van der Waals surface area (Å²) < 4.78 is 16.3. The largest absolute Gasteiger partial charge is 0.489 e. The van der Waals surface area contributed by atoms with E-state index in [1.807, 2.05) is 6.07 Å². The van der Waals surface area contributed by atoms with Crippen molar-refractivity contribution in [2.45, 2.75) is 109 Å². The minimum Gasteiger partial charge on any atom is -0.489 e. The quantitative estimate of drug-likeness (QED) is 0.127. The second-order valence-electron chi connectivity index (χ2n) is 12.9. The predicted molar refractivity (Wildman–Crippen MR) is 179 cm³/mol. The number of fused-ring (bicyclic) bond motifs is 2. The van der Waals surface area contributed by atoms with E-state index in [4.69, 9.17) is 14.2 Å². The monoisotopic (exact) mass is 610 g/mol. The Morgan fingerprint density at radius 1 is 0.778 bits per heavy atom. The molecule has 2 unspecified atom stereocenters. The Hall–Kier alpha value is -3.60. The van der Waals surface area contributed by atoms with Gasteiger partial charge < -0.3 is 14.2 Å². The van der Waals surface area contributed by atoms with Crippen LogP contribution < -0.4 is 4.74 Å². The van der Waals surface area contributed by atoms with Crippen molar-refractivity contribution < 1.29 is 23.8 Å². The molecule has 0 spiro atoms. The molecule has 2 atom stereocenters. The Bertz CT molecular complexity index is 1430. The molecule has 0 heterocycles. The summed E-state index contributed by atoms with van der Waals surface area (Å²) >= 11 is 0. The van der Waals surface area contributed by atoms with Gasteiger partial charge in [0.1, 0.15) is 12.4 Å². The Balaban J connectivity index is 1.26. The molecule has 0 saturated carbocycles. The van der Waals surface area contributed by atoms with Crippen molar-refractivity contribution in [2.24, 2.45) is 5.92 Å². The molecule has 2 aliphatic carbocycles. The molecule has 0 aromatic heterocycles. The first-order chi connectivity index (χ1) is 22.1. The van der Waals surface area contributed by atoms with Crippen LogP contribution in [-0.2, 0) is 46.6 Å². The second-order valence-corrected chi connectivity index (χ2v) is 12.9. The van der Waals surface area contributed by atoms with Crippen LogP contribution in [0.25, 0.3) is 0 Å². The number of esters is 2. The molecule has 5 heteroatoms. The molecule has 45 heavy (non-hydrogen) atoms. The highest BCUT2D eigenvalue weighted by atomic mass is 16.5. The maximum absolute atomic E-state index is 12.2. The molecule has 0 radical (unpaired) electrons. The van der Waals surface area contributed by atoms with Crippen molar-refractivity contribution in [1.29, 1.82) is 0 Å². The molecule has 0 amide bonds. The van der Waals surface area contributed by atoms with Crippen LogP contribution in [0.1, 0.15) is 120 Å². The number of hydrogen-bond acceptors (Lipinski definition) is 5. The van der Waals surface area contributed by atoms with E-state index in [9.17, 15) is 9.59 Å². The van der Waals surface area contributed by atoms with Crippen molar-refractivity contribution in [1.82, 2.24) is 0 Å². The van der Waals surface area contributed by atoms with Crippen LogP contribution in [-0.4, -0.2) is 26.2 Å². The van der Waals surface area contributed by atoms with Gasteiger partial charge in [-0.1, -0.05) is 61.7 Å². The third-order valence-corrected chi connectivity index (χ3v) is 9.99. The third kappa shape index (κ3) is 8.99. The molecule has 2 aliphatic rings. The number of carbonyl (C=O) groups excluding carboxylic acids is 2. The molecule has 3 aromatic rings. The number of methoxy groups -OCH3 is 2. The predicted octanol–water partition coefficient (Wildman–Crippen LogP) is 9.11. The number of aryl methyl sites for hydroxylation is 4. The van der Waals surface area contributed by atoms with Crippen molar-refractivity contribution in [3.05, 3.63) is 99.6 Å². The molecule has 0 bridgehead atoms. The maximum Gasteiger partial charge on any atom is 0.337 e. The molecule has 3 aromatic carbocycles. The van der Waals surface area contributed by atoms with Gasteiger partial charge in [0, 0.05) is 6.42 Å². The first-order valence-corrected chi connectivity index (χ1v) is 17.1. The van der Waals surface area contributed by atoms with Gasteiger partial charge in [-0.25, -0.2) is 4.79 Å². The van der Waals surface area contributed by atoms with Crippen molar-refractivity contribution in [2.75, 3.05) is 14.2 Å². The van der Waals surface area contributed by atoms with Crippen molar-refractivity contribution >= 4 is 11.9 Å². The number of para-hydroxylation sites is 1. The molecule has 0 N–H and O–H groups in total. The fraction of sp³-hybridized carbons (Fsp3) is 0.500. The highest BCUT2D eigenvalue weighted by molar-refractivity contribution is 5.89. The maximum atomic E-state index is 12.2. The summed E-state index contributed by atoms with van der Waals surface area (Å²) in [5.74, 6) is 1.60. The smallest absolute Gasteiger partial charge is 0.337 e. The van der Waals surface area contributed by atoms with Gasteiger partial charge in [-0.2, -0.15) is 0 Å². The molecule has 0 fully saturated rings. The lowest BCUT2D eigenvalue weighted by Crippen LogP contribution is -2.20. The fourth-order valence-corrected chi connectivity index (χ4v) is 7.49. The molecule has 240 valence electrons. The Morgan fingerprint density at radius 2 is 1.58 bits per heavy atom. The topological polar surface area (TPSA) is 61.8 Å². The summed E-state index contributed by atoms with van der Waals surface area (Å²) in [7, 11) is 2.90. The number of ether oxygens (including phenoxy) is 3. The van der Waals surface area contributed by atoms with E-state index >= 15 is 0 Å². The Labute approximate surface area is 269 Å². The second kappa shape index (κ2) is 16.6. The van der Waals surface area contributed by atoms with Gasteiger partial charge in [-0.15, -0.1) is 0 Å². The number of carbonyl (C=O) groups is 2. The zero-order valence-electron chi connectivity index (χ0n) is 27.3. The zero-order valence-corrected chi connectivity index (χ0v) is 27.3. The van der Waals surface area contributed by atoms with E-state index in [2.05, 4.69) is 54.6 Å². The van der Waals surface area contributed by atoms with Gasteiger partial charge in [0.15, 0.2) is 0 Å². The summed E-state index contributed by atoms with van der Waals surface area (Å²) in [6.07, 6.45) is 16.2. The van der Waals surface area contributed by atoms with Gasteiger partial charge in [0.05, 0.1) is 19.8 Å². The lowest BCUT2D eigenvalue weighted by molar-refractivity contribution is -0.140. The summed E-state index contributed by atoms with van der Waals surface area (Å²) in [6.45, 7) is 0.595. The SMILES string of the molecule is COC(=O)CCCCCCC(CCc1ccccc1OCc1ccc2c(c1)CCCC2)C1CCCc2cc(C(=O)OC)ccc21. The van der Waals surface area contributed by atoms with Crippen LogP contribution in [0.4, 0.5) is 0 Å². The highest BCUT2D eigenvalue weighted by Gasteiger charge is 2.28. The Kier molecular flexibility index (Phi) is 12.1. The normalized spacial score (nSPS) is 16.3. The van der Waals surface area contributed by atoms with Gasteiger partial charge in [0.2, 0.25) is 0 Å². The zero-order chi connectivity index (χ0) is 31.4. The summed E-state index contributed by atoms with van der Waals surface area (Å²) in [5, 5.41) is 0. The molecular weight excluding hydrogens is 560 g/mol. The molecular formula is C40H50O5. The third-order valence-electron chi connectivity index (χ3n) is 9.99. The van der Waals surface area contributed by atoms with Gasteiger partial charge in [0.25, 0.3) is 0 Å². The summed E-state index contributed by atoms with van der Waals surface area (Å²) in [4.78, 5) is 23.8. The number of rotatable bonds is 15. The number of unbranched alkanes of at least 4 members (excludes halogenated alkanes) is 3. The fourth-order valence-electron chi connectivity index (χ4n) is 7.49. The number of hydrogen-bond donors (Lipinski definition) is 0. The van der Waals surface area contributed by atoms with Crippen LogP contribution in [0.2, 0.25) is 0 Å². The van der Waals surface area contributed by atoms with E-state index < -0.39 is 0 Å². The summed E-state index contributed by atoms with van der Waals surface area (Å²) in [6, 6.07) is 21.6. The van der Waals surface area contributed by atoms with Gasteiger partial charge >= 0.3 is 11.9 Å². The minimum absolute atomic E-state index is 0.120. The van der Waals surface area contributed by atoms with Gasteiger partial charge in [-0.3, -0.25) is 4.79 Å². The van der Waals surface area contributed by atoms with Gasteiger partial charge in [-0.05, 0) is 134 Å². The average molecular weight is 611 g/mol. The Morgan fingerprint density at radius 3 is 2.42 bits per heavy atom. The van der Waals surface area contributed by atoms with Crippen LogP contribution >= 0.6 is 0 Å². The number of benzene rings is 3. The lowest BCUT2D eigenvalue weighted by Gasteiger charge is -2.33. The van der Waals surface area contributed by atoms with E-state index in [0.29, 0.717) is 30.4 Å². The molecule has 5 rings (SSSR count). The first-order valence-electron chi connectivity index (χ1n) is 17.1. The van der Waals surface area contributed by atoms with E-state index in [1.54, 1.807) is 0 Å². The minimum atomic E-state index is -0.268. The average Bonchev–Trinajstić information content (AvgIpc) is 3.09. The van der Waals surface area contributed by atoms with Crippen molar-refractivity contribution in [3.8, 4) is 5.75 Å². The lowest BCUT2D eigenvalue weighted by atomic mass is 9.72.